The van der Waals surface area contributed by atoms with Gasteiger partial charge >= 0.3 is 18.9 Å². The van der Waals surface area contributed by atoms with Crippen molar-refractivity contribution < 1.29 is 18.9 Å². The van der Waals surface area contributed by atoms with E-state index in [9.17, 15) is 0 Å². The Balaban J connectivity index is 0. The Labute approximate surface area is 71.7 Å². The average molecular weight is 137 g/mol. The van der Waals surface area contributed by atoms with Gasteiger partial charge in [0.25, 0.3) is 0 Å². The van der Waals surface area contributed by atoms with Crippen LogP contribution in [0.5, 0.6) is 0 Å². The third-order valence-electron chi connectivity index (χ3n) is 1.88. The van der Waals surface area contributed by atoms with Crippen LogP contribution in [0.15, 0.2) is 0 Å². The molecule has 0 aromatic heterocycles. The molecule has 0 aromatic rings. The minimum Gasteiger partial charge on any atom is -0.679 e. The Hall–Kier alpha value is 0.774. The van der Waals surface area contributed by atoms with Crippen LogP contribution in [0, 0.1) is 0 Å². The fourth-order valence-electron chi connectivity index (χ4n) is 0. The van der Waals surface area contributed by atoms with Crippen LogP contribution in [-0.4, -0.2) is 8.24 Å². The molecule has 0 heterocycles. The molecule has 1 N–H and O–H groups in total. The smallest absolute Gasteiger partial charge is 0.679 e. The van der Waals surface area contributed by atoms with E-state index in [1.807, 2.05) is 0 Å². The van der Waals surface area contributed by atoms with Crippen molar-refractivity contribution in [2.45, 2.75) is 38.9 Å². The third-order valence-corrected chi connectivity index (χ3v) is 5.62. The topological polar surface area (TPSA) is 23.8 Å². The van der Waals surface area contributed by atoms with E-state index in [0.717, 1.165) is 0 Å². The molecule has 0 aromatic carbocycles. The van der Waals surface area contributed by atoms with Gasteiger partial charge in [0, 0.05) is 0 Å². The number of hydrogen-bond acceptors (Lipinski definition) is 0. The summed E-state index contributed by atoms with van der Waals surface area (Å²) < 4.78 is 0. The van der Waals surface area contributed by atoms with Gasteiger partial charge in [-0.05, 0) is 0 Å². The first-order valence-corrected chi connectivity index (χ1v) is 6.00. The van der Waals surface area contributed by atoms with Gasteiger partial charge in [-0.1, -0.05) is 47.1 Å². The summed E-state index contributed by atoms with van der Waals surface area (Å²) in [5.41, 5.74) is 0. The molecule has 50 valence electrons. The molecule has 0 atom stereocenters. The van der Waals surface area contributed by atoms with Crippen molar-refractivity contribution in [2.75, 3.05) is 0 Å². The maximum atomic E-state index is 7.72. The summed E-state index contributed by atoms with van der Waals surface area (Å²) in [6.07, 6.45) is 0. The molecular weight excluding hydrogens is 121 g/mol. The van der Waals surface area contributed by atoms with Crippen LogP contribution in [0.4, 0.5) is 0 Å². The van der Waals surface area contributed by atoms with Gasteiger partial charge in [-0.25, -0.2) is 0 Å². The van der Waals surface area contributed by atoms with E-state index in [1.54, 1.807) is 0 Å². The van der Waals surface area contributed by atoms with Crippen molar-refractivity contribution in [3.05, 3.63) is 5.40 Å². The van der Waals surface area contributed by atoms with Crippen molar-refractivity contribution in [3.63, 3.8) is 0 Å². The predicted octanol–water partition coefficient (Wildman–Crippen LogP) is 0.0478. The van der Waals surface area contributed by atoms with E-state index in [4.69, 9.17) is 5.40 Å². The van der Waals surface area contributed by atoms with Crippen molar-refractivity contribution in [1.82, 2.24) is 0 Å². The Morgan fingerprint density at radius 2 is 1.22 bits per heavy atom. The van der Waals surface area contributed by atoms with Crippen LogP contribution >= 0.6 is 0 Å². The maximum Gasteiger partial charge on any atom is 1.00 e. The molecule has 0 saturated heterocycles. The summed E-state index contributed by atoms with van der Waals surface area (Å²) in [5.74, 6) is 0. The van der Waals surface area contributed by atoms with E-state index in [-0.39, 0.29) is 23.9 Å². The van der Waals surface area contributed by atoms with E-state index in [0.29, 0.717) is 0 Å². The molecule has 0 unspecified atom stereocenters. The molecule has 0 aliphatic heterocycles. The number of hydrogen-bond donors (Lipinski definition) is 0. The van der Waals surface area contributed by atoms with Gasteiger partial charge in [-0.15, -0.1) is 0 Å². The standard InChI is InChI=1S/C6H16NSi.Li/c1-6(2,3)8(4,5)7;/h7H,1-5H3;/q-1;+1. The van der Waals surface area contributed by atoms with E-state index >= 15 is 0 Å². The zero-order valence-corrected chi connectivity index (χ0v) is 8.50. The first kappa shape index (κ1) is 12.5. The summed E-state index contributed by atoms with van der Waals surface area (Å²) in [6.45, 7) is 10.6. The summed E-state index contributed by atoms with van der Waals surface area (Å²) >= 11 is 0. The maximum absolute atomic E-state index is 7.72. The molecular formula is C6H16LiNSi. The Morgan fingerprint density at radius 3 is 1.22 bits per heavy atom. The second-order valence-electron chi connectivity index (χ2n) is 3.88. The Morgan fingerprint density at radius 1 is 1.11 bits per heavy atom. The van der Waals surface area contributed by atoms with Crippen molar-refractivity contribution >= 4 is 8.24 Å². The van der Waals surface area contributed by atoms with Gasteiger partial charge < -0.3 is 5.40 Å². The second kappa shape index (κ2) is 3.25. The van der Waals surface area contributed by atoms with Crippen LogP contribution in [0.3, 0.4) is 0 Å². The van der Waals surface area contributed by atoms with Gasteiger partial charge in [0.2, 0.25) is 0 Å². The molecule has 0 saturated carbocycles. The fourth-order valence-corrected chi connectivity index (χ4v) is 0. The molecule has 0 rings (SSSR count). The third kappa shape index (κ3) is 4.21. The van der Waals surface area contributed by atoms with Gasteiger partial charge in [0.1, 0.15) is 0 Å². The predicted molar refractivity (Wildman–Crippen MR) is 41.5 cm³/mol. The summed E-state index contributed by atoms with van der Waals surface area (Å²) in [5, 5.41) is 7.97. The zero-order valence-electron chi connectivity index (χ0n) is 7.50. The number of nitrogens with one attached hydrogen (secondary N) is 1. The molecule has 0 radical (unpaired) electrons. The molecule has 0 bridgehead atoms. The quantitative estimate of drug-likeness (QED) is 0.421. The average Bonchev–Trinajstić information content (AvgIpc) is 1.25. The van der Waals surface area contributed by atoms with E-state index in [1.165, 1.54) is 0 Å². The second-order valence-corrected chi connectivity index (χ2v) is 8.62. The monoisotopic (exact) mass is 137 g/mol. The Kier molecular flexibility index (Phi) is 4.50. The molecule has 0 spiro atoms. The van der Waals surface area contributed by atoms with E-state index in [2.05, 4.69) is 33.9 Å². The first-order chi connectivity index (χ1) is 3.25. The SMILES string of the molecule is CC(C)(C)[Si](C)(C)[NH-].[Li+]. The minimum absolute atomic E-state index is 0. The first-order valence-electron chi connectivity index (χ1n) is 3.00. The molecule has 0 fully saturated rings. The molecule has 0 amide bonds. The van der Waals surface area contributed by atoms with Crippen molar-refractivity contribution in [1.29, 1.82) is 0 Å². The fraction of sp³-hybridized carbons (Fsp3) is 1.00. The van der Waals surface area contributed by atoms with Gasteiger partial charge in [0.15, 0.2) is 0 Å². The molecule has 9 heavy (non-hydrogen) atoms. The number of rotatable bonds is 0. The van der Waals surface area contributed by atoms with E-state index < -0.39 is 8.24 Å². The van der Waals surface area contributed by atoms with Crippen molar-refractivity contribution in [3.8, 4) is 0 Å². The molecule has 0 aliphatic carbocycles. The van der Waals surface area contributed by atoms with Crippen LogP contribution in [0.25, 0.3) is 5.40 Å². The largest absolute Gasteiger partial charge is 1.00 e. The van der Waals surface area contributed by atoms with Crippen LogP contribution in [0.2, 0.25) is 18.1 Å². The normalized spacial score (nSPS) is 12.7. The van der Waals surface area contributed by atoms with Crippen molar-refractivity contribution in [2.24, 2.45) is 0 Å². The summed E-state index contributed by atoms with van der Waals surface area (Å²) in [6, 6.07) is 0. The molecule has 3 heteroatoms. The summed E-state index contributed by atoms with van der Waals surface area (Å²) in [4.78, 5) is 0. The molecule has 0 aliphatic rings. The van der Waals surface area contributed by atoms with Crippen LogP contribution in [0.1, 0.15) is 20.8 Å². The summed E-state index contributed by atoms with van der Waals surface area (Å²) in [7, 11) is -1.61. The van der Waals surface area contributed by atoms with Crippen LogP contribution in [-0.2, 0) is 0 Å². The van der Waals surface area contributed by atoms with Crippen LogP contribution < -0.4 is 18.9 Å². The Bertz CT molecular complexity index is 68.0. The van der Waals surface area contributed by atoms with Gasteiger partial charge in [-0.3, -0.25) is 0 Å². The molecule has 1 nitrogen and oxygen atoms in total. The zero-order chi connectivity index (χ0) is 7.00. The minimum atomic E-state index is -1.61. The van der Waals surface area contributed by atoms with Gasteiger partial charge in [-0.2, -0.15) is 0 Å². The van der Waals surface area contributed by atoms with Gasteiger partial charge in [0.05, 0.1) is 0 Å².